The molecule has 0 saturated heterocycles. The minimum atomic E-state index is -0.647. The number of esters is 3. The van der Waals surface area contributed by atoms with Crippen LogP contribution in [0, 0.1) is 5.92 Å². The quantitative estimate of drug-likeness (QED) is 0.391. The van der Waals surface area contributed by atoms with E-state index >= 15 is 0 Å². The van der Waals surface area contributed by atoms with Gasteiger partial charge in [0.05, 0.1) is 19.4 Å². The summed E-state index contributed by atoms with van der Waals surface area (Å²) in [6.45, 7) is 5.86. The molecule has 1 atom stereocenters. The number of methoxy groups -OCH3 is 1. The normalized spacial score (nSPS) is 11.2. The van der Waals surface area contributed by atoms with Gasteiger partial charge in [-0.3, -0.25) is 9.59 Å². The van der Waals surface area contributed by atoms with E-state index < -0.39 is 30.6 Å². The molecule has 0 heterocycles. The van der Waals surface area contributed by atoms with Crippen molar-refractivity contribution in [3.05, 3.63) is 12.2 Å². The van der Waals surface area contributed by atoms with E-state index in [9.17, 15) is 14.4 Å². The van der Waals surface area contributed by atoms with Crippen molar-refractivity contribution >= 4 is 17.9 Å². The molecule has 17 heavy (non-hydrogen) atoms. The Balaban J connectivity index is 3.90. The second-order valence-corrected chi connectivity index (χ2v) is 3.47. The molecule has 0 aliphatic heterocycles. The Morgan fingerprint density at radius 2 is 1.82 bits per heavy atom. The maximum atomic E-state index is 11.3. The molecule has 0 fully saturated rings. The zero-order valence-corrected chi connectivity index (χ0v) is 10.1. The van der Waals surface area contributed by atoms with Gasteiger partial charge in [-0.25, -0.2) is 4.79 Å². The molecule has 0 aromatic rings. The van der Waals surface area contributed by atoms with Crippen LogP contribution in [0.15, 0.2) is 12.2 Å². The van der Waals surface area contributed by atoms with Crippen LogP contribution in [0.25, 0.3) is 0 Å². The Labute approximate surface area is 99.5 Å². The summed E-state index contributed by atoms with van der Waals surface area (Å²) in [6.07, 6.45) is -0.0796. The predicted octanol–water partition coefficient (Wildman–Crippen LogP) is 0.806. The van der Waals surface area contributed by atoms with Gasteiger partial charge in [0.2, 0.25) is 6.79 Å². The van der Waals surface area contributed by atoms with Gasteiger partial charge in [0.25, 0.3) is 0 Å². The topological polar surface area (TPSA) is 78.9 Å². The third-order valence-electron chi connectivity index (χ3n) is 1.84. The molecule has 0 saturated carbocycles. The molecule has 1 unspecified atom stereocenters. The van der Waals surface area contributed by atoms with Gasteiger partial charge in [0, 0.05) is 5.57 Å². The van der Waals surface area contributed by atoms with E-state index in [1.165, 1.54) is 21.0 Å². The van der Waals surface area contributed by atoms with Crippen molar-refractivity contribution in [1.82, 2.24) is 0 Å². The molecule has 96 valence electrons. The molecule has 0 aliphatic carbocycles. The largest absolute Gasteiger partial charge is 0.469 e. The van der Waals surface area contributed by atoms with E-state index in [4.69, 9.17) is 0 Å². The van der Waals surface area contributed by atoms with Crippen LogP contribution in [0.1, 0.15) is 20.3 Å². The van der Waals surface area contributed by atoms with Crippen molar-refractivity contribution < 1.29 is 28.6 Å². The highest BCUT2D eigenvalue weighted by Crippen LogP contribution is 2.06. The maximum absolute atomic E-state index is 11.3. The second-order valence-electron chi connectivity index (χ2n) is 3.47. The highest BCUT2D eigenvalue weighted by molar-refractivity contribution is 5.87. The van der Waals surface area contributed by atoms with E-state index in [2.05, 4.69) is 20.8 Å². The van der Waals surface area contributed by atoms with Crippen LogP contribution in [0.2, 0.25) is 0 Å². The lowest BCUT2D eigenvalue weighted by Crippen LogP contribution is -2.21. The van der Waals surface area contributed by atoms with Crippen LogP contribution in [-0.2, 0) is 28.6 Å². The average Bonchev–Trinajstić information content (AvgIpc) is 2.28. The third-order valence-corrected chi connectivity index (χ3v) is 1.84. The summed E-state index contributed by atoms with van der Waals surface area (Å²) in [7, 11) is 1.23. The van der Waals surface area contributed by atoms with Crippen molar-refractivity contribution in [2.24, 2.45) is 5.92 Å². The molecule has 0 bridgehead atoms. The van der Waals surface area contributed by atoms with E-state index in [1.807, 2.05) is 0 Å². The molecule has 0 aliphatic rings. The smallest absolute Gasteiger partial charge is 0.335 e. The lowest BCUT2D eigenvalue weighted by atomic mass is 10.1. The van der Waals surface area contributed by atoms with Crippen LogP contribution in [0.5, 0.6) is 0 Å². The van der Waals surface area contributed by atoms with Gasteiger partial charge in [-0.1, -0.05) is 13.5 Å². The Morgan fingerprint density at radius 3 is 2.29 bits per heavy atom. The fourth-order valence-corrected chi connectivity index (χ4v) is 0.823. The lowest BCUT2D eigenvalue weighted by Gasteiger charge is -2.10. The fourth-order valence-electron chi connectivity index (χ4n) is 0.823. The zero-order chi connectivity index (χ0) is 13.4. The Bertz CT molecular complexity index is 320. The second kappa shape index (κ2) is 7.43. The summed E-state index contributed by atoms with van der Waals surface area (Å²) >= 11 is 0. The van der Waals surface area contributed by atoms with Gasteiger partial charge in [0.1, 0.15) is 0 Å². The number of carbonyl (C=O) groups excluding carboxylic acids is 3. The molecule has 0 radical (unpaired) electrons. The van der Waals surface area contributed by atoms with E-state index in [0.29, 0.717) is 0 Å². The van der Waals surface area contributed by atoms with E-state index in [-0.39, 0.29) is 12.0 Å². The molecule has 0 amide bonds. The number of rotatable bonds is 6. The highest BCUT2D eigenvalue weighted by atomic mass is 16.7. The van der Waals surface area contributed by atoms with Crippen LogP contribution in [-0.4, -0.2) is 31.8 Å². The third kappa shape index (κ3) is 6.34. The van der Waals surface area contributed by atoms with Gasteiger partial charge < -0.3 is 14.2 Å². The summed E-state index contributed by atoms with van der Waals surface area (Å²) in [6, 6.07) is 0. The van der Waals surface area contributed by atoms with Crippen molar-refractivity contribution in [2.75, 3.05) is 13.9 Å². The first-order valence-electron chi connectivity index (χ1n) is 4.94. The SMILES string of the molecule is C=C(C)C(=O)OCOC(=O)C(C)CC(=O)OC. The first kappa shape index (κ1) is 15.2. The number of carbonyl (C=O) groups is 3. The van der Waals surface area contributed by atoms with Crippen LogP contribution < -0.4 is 0 Å². The Hall–Kier alpha value is -1.85. The molecule has 0 aromatic carbocycles. The molecule has 6 nitrogen and oxygen atoms in total. The fraction of sp³-hybridized carbons (Fsp3) is 0.545. The summed E-state index contributed by atoms with van der Waals surface area (Å²) in [5.74, 6) is -2.43. The summed E-state index contributed by atoms with van der Waals surface area (Å²) < 4.78 is 13.6. The van der Waals surface area contributed by atoms with E-state index in [0.717, 1.165) is 0 Å². The van der Waals surface area contributed by atoms with Crippen molar-refractivity contribution in [1.29, 1.82) is 0 Å². The standard InChI is InChI=1S/C11H16O6/c1-7(2)10(13)16-6-17-11(14)8(3)5-9(12)15-4/h8H,1,5-6H2,2-4H3. The molecule has 0 aromatic heterocycles. The highest BCUT2D eigenvalue weighted by Gasteiger charge is 2.19. The zero-order valence-electron chi connectivity index (χ0n) is 10.1. The summed E-state index contributed by atoms with van der Waals surface area (Å²) in [4.78, 5) is 33.1. The summed E-state index contributed by atoms with van der Waals surface area (Å²) in [5.41, 5.74) is 0.212. The van der Waals surface area contributed by atoms with Gasteiger partial charge >= 0.3 is 17.9 Å². The maximum Gasteiger partial charge on any atom is 0.335 e. The molecular formula is C11H16O6. The Kier molecular flexibility index (Phi) is 6.62. The molecule has 0 spiro atoms. The van der Waals surface area contributed by atoms with Crippen molar-refractivity contribution in [3.8, 4) is 0 Å². The van der Waals surface area contributed by atoms with E-state index in [1.54, 1.807) is 0 Å². The van der Waals surface area contributed by atoms with Gasteiger partial charge in [-0.2, -0.15) is 0 Å². The summed E-state index contributed by atoms with van der Waals surface area (Å²) in [5, 5.41) is 0. The van der Waals surface area contributed by atoms with Crippen LogP contribution in [0.3, 0.4) is 0 Å². The molecular weight excluding hydrogens is 228 g/mol. The monoisotopic (exact) mass is 244 g/mol. The number of ether oxygens (including phenoxy) is 3. The molecule has 6 heteroatoms. The van der Waals surface area contributed by atoms with Crippen molar-refractivity contribution in [2.45, 2.75) is 20.3 Å². The molecule has 0 N–H and O–H groups in total. The Morgan fingerprint density at radius 1 is 1.24 bits per heavy atom. The van der Waals surface area contributed by atoms with Gasteiger partial charge in [-0.05, 0) is 6.92 Å². The first-order chi connectivity index (χ1) is 7.88. The van der Waals surface area contributed by atoms with Crippen LogP contribution in [0.4, 0.5) is 0 Å². The predicted molar refractivity (Wildman–Crippen MR) is 57.7 cm³/mol. The minimum absolute atomic E-state index is 0.0796. The lowest BCUT2D eigenvalue weighted by molar-refractivity contribution is -0.169. The number of hydrogen-bond acceptors (Lipinski definition) is 6. The first-order valence-corrected chi connectivity index (χ1v) is 4.94. The average molecular weight is 244 g/mol. The molecule has 0 rings (SSSR count). The number of hydrogen-bond donors (Lipinski definition) is 0. The van der Waals surface area contributed by atoms with Gasteiger partial charge in [-0.15, -0.1) is 0 Å². The van der Waals surface area contributed by atoms with Crippen molar-refractivity contribution in [3.63, 3.8) is 0 Å². The minimum Gasteiger partial charge on any atom is -0.469 e. The van der Waals surface area contributed by atoms with Gasteiger partial charge in [0.15, 0.2) is 0 Å². The van der Waals surface area contributed by atoms with Crippen LogP contribution >= 0.6 is 0 Å².